The number of nitrogens with one attached hydrogen (secondary N) is 1. The van der Waals surface area contributed by atoms with Crippen LogP contribution in [0.2, 0.25) is 0 Å². The van der Waals surface area contributed by atoms with Crippen LogP contribution in [0.1, 0.15) is 44.1 Å². The highest BCUT2D eigenvalue weighted by atomic mass is 16.5. The van der Waals surface area contributed by atoms with Crippen molar-refractivity contribution in [3.63, 3.8) is 0 Å². The molecule has 30 heavy (non-hydrogen) atoms. The molecule has 3 rings (SSSR count). The van der Waals surface area contributed by atoms with Crippen LogP contribution in [-0.4, -0.2) is 48.7 Å². The molecule has 0 spiro atoms. The van der Waals surface area contributed by atoms with Crippen molar-refractivity contribution in [2.75, 3.05) is 13.7 Å². The number of terminal acetylenes is 1. The Hall–Kier alpha value is -3.21. The van der Waals surface area contributed by atoms with Gasteiger partial charge in [-0.2, -0.15) is 10.5 Å². The summed E-state index contributed by atoms with van der Waals surface area (Å²) in [5.41, 5.74) is 0.528. The molecule has 2 fully saturated rings. The maximum atomic E-state index is 12.6. The van der Waals surface area contributed by atoms with Crippen LogP contribution in [0.3, 0.4) is 0 Å². The monoisotopic (exact) mass is 406 g/mol. The summed E-state index contributed by atoms with van der Waals surface area (Å²) in [7, 11) is 1.56. The number of carbonyl (C=O) groups is 1. The summed E-state index contributed by atoms with van der Waals surface area (Å²) in [5.74, 6) is 3.71. The van der Waals surface area contributed by atoms with Gasteiger partial charge in [-0.25, -0.2) is 0 Å². The van der Waals surface area contributed by atoms with Gasteiger partial charge >= 0.3 is 0 Å². The molecule has 1 saturated carbocycles. The second-order valence-electron chi connectivity index (χ2n) is 7.66. The number of carbonyl (C=O) groups excluding carboxylic acids is 1. The van der Waals surface area contributed by atoms with E-state index in [9.17, 15) is 10.1 Å². The number of rotatable bonds is 6. The van der Waals surface area contributed by atoms with E-state index in [2.05, 4.69) is 23.4 Å². The summed E-state index contributed by atoms with van der Waals surface area (Å²) in [6.45, 7) is 0.190. The summed E-state index contributed by atoms with van der Waals surface area (Å²) < 4.78 is 11.4. The smallest absolute Gasteiger partial charge is 0.238 e. The van der Waals surface area contributed by atoms with Gasteiger partial charge in [0, 0.05) is 12.1 Å². The molecule has 2 atom stereocenters. The molecule has 1 aromatic rings. The Balaban J connectivity index is 1.47. The quantitative estimate of drug-likeness (QED) is 0.728. The lowest BCUT2D eigenvalue weighted by molar-refractivity contribution is -0.131. The predicted molar refractivity (Wildman–Crippen MR) is 110 cm³/mol. The molecule has 0 unspecified atom stereocenters. The Kier molecular flexibility index (Phi) is 7.17. The van der Waals surface area contributed by atoms with Crippen LogP contribution in [0, 0.1) is 35.0 Å². The normalized spacial score (nSPS) is 25.6. The minimum Gasteiger partial charge on any atom is -0.493 e. The molecule has 2 aliphatic rings. The van der Waals surface area contributed by atoms with Gasteiger partial charge in [-0.15, -0.1) is 6.42 Å². The van der Waals surface area contributed by atoms with Gasteiger partial charge < -0.3 is 19.7 Å². The standard InChI is InChI=1S/C23H26N4O3/c1-3-18-7-8-19(14-25)27(18)23(28)15-26-17-5-9-20(10-6-17)30-21-11-4-16(13-24)12-22(21)29-2/h1,4,11-12,17-20,26H,5-10,15H2,2H3/t17?,18-,19+,20?/m0/s1. The van der Waals surface area contributed by atoms with E-state index in [1.165, 1.54) is 0 Å². The summed E-state index contributed by atoms with van der Waals surface area (Å²) in [6.07, 6.45) is 10.4. The van der Waals surface area contributed by atoms with Gasteiger partial charge in [0.15, 0.2) is 11.5 Å². The average molecular weight is 406 g/mol. The zero-order chi connectivity index (χ0) is 21.5. The van der Waals surface area contributed by atoms with E-state index in [-0.39, 0.29) is 30.6 Å². The van der Waals surface area contributed by atoms with E-state index in [1.807, 2.05) is 0 Å². The largest absolute Gasteiger partial charge is 0.493 e. The first-order chi connectivity index (χ1) is 14.6. The Labute approximate surface area is 177 Å². The third kappa shape index (κ3) is 4.85. The summed E-state index contributed by atoms with van der Waals surface area (Å²) >= 11 is 0. The molecular weight excluding hydrogens is 380 g/mol. The number of hydrogen-bond donors (Lipinski definition) is 1. The number of hydrogen-bond acceptors (Lipinski definition) is 6. The van der Waals surface area contributed by atoms with Crippen LogP contribution >= 0.6 is 0 Å². The van der Waals surface area contributed by atoms with Crippen LogP contribution in [0.15, 0.2) is 18.2 Å². The van der Waals surface area contributed by atoms with Crippen molar-refractivity contribution in [3.05, 3.63) is 23.8 Å². The molecular formula is C23H26N4O3. The van der Waals surface area contributed by atoms with Crippen LogP contribution in [-0.2, 0) is 4.79 Å². The van der Waals surface area contributed by atoms with E-state index in [0.29, 0.717) is 29.9 Å². The molecule has 0 aromatic heterocycles. The molecule has 1 aliphatic heterocycles. The third-order valence-corrected chi connectivity index (χ3v) is 5.82. The Bertz CT molecular complexity index is 865. The minimum absolute atomic E-state index is 0.0629. The topological polar surface area (TPSA) is 98.4 Å². The van der Waals surface area contributed by atoms with Gasteiger partial charge in [-0.05, 0) is 50.7 Å². The lowest BCUT2D eigenvalue weighted by Crippen LogP contribution is -2.47. The molecule has 1 amide bonds. The highest BCUT2D eigenvalue weighted by Crippen LogP contribution is 2.32. The Morgan fingerprint density at radius 1 is 1.17 bits per heavy atom. The third-order valence-electron chi connectivity index (χ3n) is 5.82. The van der Waals surface area contributed by atoms with Crippen molar-refractivity contribution < 1.29 is 14.3 Å². The Morgan fingerprint density at radius 2 is 1.90 bits per heavy atom. The fourth-order valence-electron chi connectivity index (χ4n) is 4.17. The average Bonchev–Trinajstić information content (AvgIpc) is 3.22. The molecule has 1 heterocycles. The molecule has 1 N–H and O–H groups in total. The number of likely N-dealkylation sites (tertiary alicyclic amines) is 1. The van der Waals surface area contributed by atoms with E-state index < -0.39 is 6.04 Å². The van der Waals surface area contributed by atoms with E-state index >= 15 is 0 Å². The second-order valence-corrected chi connectivity index (χ2v) is 7.66. The van der Waals surface area contributed by atoms with E-state index in [1.54, 1.807) is 30.2 Å². The molecule has 1 aromatic carbocycles. The van der Waals surface area contributed by atoms with Gasteiger partial charge in [-0.3, -0.25) is 4.79 Å². The fraction of sp³-hybridized carbons (Fsp3) is 0.522. The van der Waals surface area contributed by atoms with Gasteiger partial charge in [-0.1, -0.05) is 5.92 Å². The number of benzene rings is 1. The van der Waals surface area contributed by atoms with Gasteiger partial charge in [0.05, 0.1) is 43.5 Å². The maximum absolute atomic E-state index is 12.6. The van der Waals surface area contributed by atoms with E-state index in [4.69, 9.17) is 21.2 Å². The molecule has 0 bridgehead atoms. The zero-order valence-corrected chi connectivity index (χ0v) is 17.1. The molecule has 7 heteroatoms. The first-order valence-corrected chi connectivity index (χ1v) is 10.2. The van der Waals surface area contributed by atoms with Crippen molar-refractivity contribution in [1.29, 1.82) is 10.5 Å². The van der Waals surface area contributed by atoms with Crippen LogP contribution in [0.4, 0.5) is 0 Å². The molecule has 1 saturated heterocycles. The molecule has 156 valence electrons. The molecule has 0 radical (unpaired) electrons. The zero-order valence-electron chi connectivity index (χ0n) is 17.1. The maximum Gasteiger partial charge on any atom is 0.238 e. The first-order valence-electron chi connectivity index (χ1n) is 10.2. The van der Waals surface area contributed by atoms with Gasteiger partial charge in [0.25, 0.3) is 0 Å². The van der Waals surface area contributed by atoms with E-state index in [0.717, 1.165) is 25.7 Å². The summed E-state index contributed by atoms with van der Waals surface area (Å²) in [4.78, 5) is 14.2. The SMILES string of the molecule is C#C[C@H]1CC[C@H](C#N)N1C(=O)CNC1CCC(Oc2ccc(C#N)cc2OC)CC1. The van der Waals surface area contributed by atoms with Gasteiger partial charge in [0.1, 0.15) is 6.04 Å². The van der Waals surface area contributed by atoms with Crippen molar-refractivity contribution in [2.45, 2.75) is 62.8 Å². The summed E-state index contributed by atoms with van der Waals surface area (Å²) in [5, 5.41) is 21.6. The van der Waals surface area contributed by atoms with Crippen molar-refractivity contribution >= 4 is 5.91 Å². The van der Waals surface area contributed by atoms with Crippen LogP contribution < -0.4 is 14.8 Å². The fourth-order valence-corrected chi connectivity index (χ4v) is 4.17. The molecule has 7 nitrogen and oxygen atoms in total. The van der Waals surface area contributed by atoms with Crippen molar-refractivity contribution in [3.8, 4) is 36.0 Å². The number of ether oxygens (including phenoxy) is 2. The number of nitrogens with zero attached hydrogens (tertiary/aromatic N) is 3. The molecule has 1 aliphatic carbocycles. The Morgan fingerprint density at radius 3 is 2.53 bits per heavy atom. The highest BCUT2D eigenvalue weighted by molar-refractivity contribution is 5.80. The second kappa shape index (κ2) is 10.0. The lowest BCUT2D eigenvalue weighted by atomic mass is 9.93. The number of methoxy groups -OCH3 is 1. The van der Waals surface area contributed by atoms with Gasteiger partial charge in [0.2, 0.25) is 5.91 Å². The summed E-state index contributed by atoms with van der Waals surface area (Å²) in [6, 6.07) is 8.94. The highest BCUT2D eigenvalue weighted by Gasteiger charge is 2.36. The van der Waals surface area contributed by atoms with Crippen molar-refractivity contribution in [1.82, 2.24) is 10.2 Å². The van der Waals surface area contributed by atoms with Crippen molar-refractivity contribution in [2.24, 2.45) is 0 Å². The van der Waals surface area contributed by atoms with Crippen LogP contribution in [0.5, 0.6) is 11.5 Å². The minimum atomic E-state index is -0.424. The number of amides is 1. The van der Waals surface area contributed by atoms with Crippen LogP contribution in [0.25, 0.3) is 0 Å². The lowest BCUT2D eigenvalue weighted by Gasteiger charge is -2.31. The number of nitriles is 2. The predicted octanol–water partition coefficient (Wildman–Crippen LogP) is 2.36. The first kappa shape index (κ1) is 21.5.